The van der Waals surface area contributed by atoms with E-state index in [0.29, 0.717) is 27.9 Å². The molecule has 0 aliphatic carbocycles. The molecule has 3 N–H and O–H groups in total. The highest BCUT2D eigenvalue weighted by molar-refractivity contribution is 6.34. The van der Waals surface area contributed by atoms with E-state index in [2.05, 4.69) is 5.32 Å². The van der Waals surface area contributed by atoms with Crippen LogP contribution in [0, 0.1) is 5.82 Å². The molecule has 0 fully saturated rings. The first-order chi connectivity index (χ1) is 12.0. The van der Waals surface area contributed by atoms with Crippen molar-refractivity contribution in [2.75, 3.05) is 11.1 Å². The molecule has 2 aromatic carbocycles. The van der Waals surface area contributed by atoms with Gasteiger partial charge in [0.2, 0.25) is 5.91 Å². The molecule has 0 atom stereocenters. The molecule has 0 unspecified atom stereocenters. The number of halogens is 2. The second-order valence-corrected chi connectivity index (χ2v) is 5.68. The van der Waals surface area contributed by atoms with Crippen molar-refractivity contribution >= 4 is 35.0 Å². The maximum Gasteiger partial charge on any atom is 0.248 e. The smallest absolute Gasteiger partial charge is 0.248 e. The summed E-state index contributed by atoms with van der Waals surface area (Å²) >= 11 is 6.01. The highest BCUT2D eigenvalue weighted by atomic mass is 35.5. The zero-order chi connectivity index (χ0) is 17.8. The fourth-order valence-electron chi connectivity index (χ4n) is 2.18. The summed E-state index contributed by atoms with van der Waals surface area (Å²) in [6, 6.07) is 14.3. The average Bonchev–Trinajstić information content (AvgIpc) is 3.05. The number of benzene rings is 2. The van der Waals surface area contributed by atoms with Gasteiger partial charge in [0.05, 0.1) is 10.7 Å². The Kier molecular flexibility index (Phi) is 4.86. The van der Waals surface area contributed by atoms with Crippen molar-refractivity contribution in [3.63, 3.8) is 0 Å². The van der Waals surface area contributed by atoms with Crippen LogP contribution in [0.1, 0.15) is 5.76 Å². The van der Waals surface area contributed by atoms with Gasteiger partial charge in [-0.05, 0) is 60.7 Å². The highest BCUT2D eigenvalue weighted by Gasteiger charge is 2.05. The van der Waals surface area contributed by atoms with Crippen LogP contribution in [0.2, 0.25) is 5.02 Å². The molecule has 3 aromatic rings. The standard InChI is InChI=1S/C19H14ClFN2O2/c20-16-11-14(22)5-8-17(16)23-19(24)10-7-15-6-9-18(25-15)12-1-3-13(21)4-2-12/h1-11H,22H2,(H,23,24)/b10-7+. The van der Waals surface area contributed by atoms with Gasteiger partial charge >= 0.3 is 0 Å². The Balaban J connectivity index is 1.67. The van der Waals surface area contributed by atoms with E-state index in [1.807, 2.05) is 0 Å². The lowest BCUT2D eigenvalue weighted by Crippen LogP contribution is -2.08. The lowest BCUT2D eigenvalue weighted by Gasteiger charge is -2.05. The third-order valence-electron chi connectivity index (χ3n) is 3.41. The van der Waals surface area contributed by atoms with E-state index in [-0.39, 0.29) is 11.7 Å². The number of carbonyl (C=O) groups is 1. The number of carbonyl (C=O) groups excluding carboxylic acids is 1. The zero-order valence-electron chi connectivity index (χ0n) is 13.0. The predicted octanol–water partition coefficient (Wildman–Crippen LogP) is 4.97. The number of anilines is 2. The van der Waals surface area contributed by atoms with Gasteiger partial charge in [-0.1, -0.05) is 11.6 Å². The predicted molar refractivity (Wildman–Crippen MR) is 97.6 cm³/mol. The van der Waals surface area contributed by atoms with Crippen LogP contribution in [0.3, 0.4) is 0 Å². The third-order valence-corrected chi connectivity index (χ3v) is 3.72. The molecule has 0 aliphatic heterocycles. The Labute approximate surface area is 148 Å². The van der Waals surface area contributed by atoms with Gasteiger partial charge in [-0.25, -0.2) is 4.39 Å². The monoisotopic (exact) mass is 356 g/mol. The maximum absolute atomic E-state index is 12.9. The third kappa shape index (κ3) is 4.28. The number of rotatable bonds is 4. The molecular formula is C19H14ClFN2O2. The van der Waals surface area contributed by atoms with E-state index in [1.54, 1.807) is 42.5 Å². The molecule has 0 bridgehead atoms. The lowest BCUT2D eigenvalue weighted by molar-refractivity contribution is -0.111. The van der Waals surface area contributed by atoms with E-state index in [9.17, 15) is 9.18 Å². The van der Waals surface area contributed by atoms with Crippen LogP contribution in [0.15, 0.2) is 65.1 Å². The van der Waals surface area contributed by atoms with Crippen molar-refractivity contribution in [1.29, 1.82) is 0 Å². The summed E-state index contributed by atoms with van der Waals surface area (Å²) in [5, 5.41) is 3.02. The van der Waals surface area contributed by atoms with Crippen molar-refractivity contribution < 1.29 is 13.6 Å². The minimum Gasteiger partial charge on any atom is -0.457 e. The van der Waals surface area contributed by atoms with Crippen LogP contribution in [0.5, 0.6) is 0 Å². The number of nitrogens with one attached hydrogen (secondary N) is 1. The molecule has 4 nitrogen and oxygen atoms in total. The minimum absolute atomic E-state index is 0.312. The fraction of sp³-hybridized carbons (Fsp3) is 0. The second-order valence-electron chi connectivity index (χ2n) is 5.27. The molecule has 1 aromatic heterocycles. The van der Waals surface area contributed by atoms with Gasteiger partial charge in [0.15, 0.2) is 0 Å². The topological polar surface area (TPSA) is 68.3 Å². The van der Waals surface area contributed by atoms with Crippen LogP contribution in [0.25, 0.3) is 17.4 Å². The van der Waals surface area contributed by atoms with E-state index >= 15 is 0 Å². The van der Waals surface area contributed by atoms with Gasteiger partial charge in [-0.15, -0.1) is 0 Å². The summed E-state index contributed by atoms with van der Waals surface area (Å²) < 4.78 is 18.6. The van der Waals surface area contributed by atoms with E-state index < -0.39 is 0 Å². The summed E-state index contributed by atoms with van der Waals surface area (Å²) in [7, 11) is 0. The molecule has 25 heavy (non-hydrogen) atoms. The van der Waals surface area contributed by atoms with Crippen LogP contribution in [-0.4, -0.2) is 5.91 Å². The highest BCUT2D eigenvalue weighted by Crippen LogP contribution is 2.25. The Morgan fingerprint density at radius 2 is 1.88 bits per heavy atom. The first kappa shape index (κ1) is 16.8. The van der Waals surface area contributed by atoms with Gasteiger partial charge in [0.25, 0.3) is 0 Å². The number of nitrogens with two attached hydrogens (primary N) is 1. The Bertz CT molecular complexity index is 933. The van der Waals surface area contributed by atoms with Gasteiger partial charge in [0.1, 0.15) is 17.3 Å². The molecule has 0 saturated carbocycles. The van der Waals surface area contributed by atoms with E-state index in [1.165, 1.54) is 24.3 Å². The fourth-order valence-corrected chi connectivity index (χ4v) is 2.41. The van der Waals surface area contributed by atoms with Gasteiger partial charge in [-0.3, -0.25) is 4.79 Å². The molecule has 0 spiro atoms. The molecule has 0 saturated heterocycles. The molecule has 1 amide bonds. The quantitative estimate of drug-likeness (QED) is 0.512. The number of hydrogen-bond acceptors (Lipinski definition) is 3. The van der Waals surface area contributed by atoms with Crippen molar-refractivity contribution in [1.82, 2.24) is 0 Å². The SMILES string of the molecule is Nc1ccc(NC(=O)/C=C/c2ccc(-c3ccc(F)cc3)o2)c(Cl)c1. The molecule has 6 heteroatoms. The van der Waals surface area contributed by atoms with Crippen molar-refractivity contribution in [2.45, 2.75) is 0 Å². The van der Waals surface area contributed by atoms with Crippen molar-refractivity contribution in [2.24, 2.45) is 0 Å². The average molecular weight is 357 g/mol. The molecule has 1 heterocycles. The summed E-state index contributed by atoms with van der Waals surface area (Å²) in [5.74, 6) is 0.416. The van der Waals surface area contributed by atoms with E-state index in [0.717, 1.165) is 5.56 Å². The van der Waals surface area contributed by atoms with Gasteiger partial charge < -0.3 is 15.5 Å². The zero-order valence-corrected chi connectivity index (χ0v) is 13.8. The van der Waals surface area contributed by atoms with Crippen molar-refractivity contribution in [3.8, 4) is 11.3 Å². The Hall–Kier alpha value is -3.05. The Morgan fingerprint density at radius 3 is 2.60 bits per heavy atom. The Morgan fingerprint density at radius 1 is 1.12 bits per heavy atom. The summed E-state index contributed by atoms with van der Waals surface area (Å²) in [5.41, 5.74) is 7.34. The summed E-state index contributed by atoms with van der Waals surface area (Å²) in [4.78, 5) is 12.0. The minimum atomic E-state index is -0.355. The number of amides is 1. The van der Waals surface area contributed by atoms with Gasteiger partial charge in [-0.2, -0.15) is 0 Å². The molecule has 3 rings (SSSR count). The molecule has 126 valence electrons. The summed E-state index contributed by atoms with van der Waals surface area (Å²) in [6.45, 7) is 0. The van der Waals surface area contributed by atoms with Crippen molar-refractivity contribution in [3.05, 3.63) is 77.3 Å². The largest absolute Gasteiger partial charge is 0.457 e. The lowest BCUT2D eigenvalue weighted by atomic mass is 10.2. The summed E-state index contributed by atoms with van der Waals surface area (Å²) in [6.07, 6.45) is 2.87. The second kappa shape index (κ2) is 7.23. The first-order valence-corrected chi connectivity index (χ1v) is 7.79. The van der Waals surface area contributed by atoms with Crippen LogP contribution in [-0.2, 0) is 4.79 Å². The molecular weight excluding hydrogens is 343 g/mol. The van der Waals surface area contributed by atoms with Gasteiger partial charge in [0, 0.05) is 17.3 Å². The van der Waals surface area contributed by atoms with E-state index in [4.69, 9.17) is 21.8 Å². The number of hydrogen-bond donors (Lipinski definition) is 2. The molecule has 0 aliphatic rings. The number of furan rings is 1. The van der Waals surface area contributed by atoms with Crippen LogP contribution in [0.4, 0.5) is 15.8 Å². The molecule has 0 radical (unpaired) electrons. The van der Waals surface area contributed by atoms with Crippen LogP contribution >= 0.6 is 11.6 Å². The maximum atomic E-state index is 12.9. The van der Waals surface area contributed by atoms with Crippen LogP contribution < -0.4 is 11.1 Å². The normalized spacial score (nSPS) is 11.0. The number of nitrogen functional groups attached to an aromatic ring is 1. The first-order valence-electron chi connectivity index (χ1n) is 7.41.